The van der Waals surface area contributed by atoms with Crippen LogP contribution in [0.1, 0.15) is 26.7 Å². The van der Waals surface area contributed by atoms with Crippen molar-refractivity contribution in [3.05, 3.63) is 54.7 Å². The molecule has 30 heavy (non-hydrogen) atoms. The van der Waals surface area contributed by atoms with Gasteiger partial charge in [-0.25, -0.2) is 14.8 Å². The highest BCUT2D eigenvalue weighted by Gasteiger charge is 2.46. The number of fused-ring (bicyclic) bond motifs is 1. The van der Waals surface area contributed by atoms with Crippen LogP contribution in [0.5, 0.6) is 0 Å². The number of carbonyl (C=O) groups excluding carboxylic acids is 1. The SMILES string of the molecule is CC1(C)OC(=O)N[C@@H]1C1CCN(c2nccc(-c3ccc4ccccc4c3)n2)CC1. The molecule has 154 valence electrons. The second-order valence-corrected chi connectivity index (χ2v) is 8.74. The zero-order chi connectivity index (χ0) is 20.7. The summed E-state index contributed by atoms with van der Waals surface area (Å²) < 4.78 is 5.43. The molecule has 6 nitrogen and oxygen atoms in total. The fourth-order valence-electron chi connectivity index (χ4n) is 4.76. The summed E-state index contributed by atoms with van der Waals surface area (Å²) >= 11 is 0. The van der Waals surface area contributed by atoms with Crippen molar-refractivity contribution in [2.75, 3.05) is 18.0 Å². The largest absolute Gasteiger partial charge is 0.441 e. The second-order valence-electron chi connectivity index (χ2n) is 8.74. The van der Waals surface area contributed by atoms with Crippen LogP contribution >= 0.6 is 0 Å². The number of hydrogen-bond acceptors (Lipinski definition) is 5. The van der Waals surface area contributed by atoms with Crippen molar-refractivity contribution in [3.63, 3.8) is 0 Å². The molecule has 1 atom stereocenters. The van der Waals surface area contributed by atoms with E-state index in [9.17, 15) is 4.79 Å². The molecule has 0 aliphatic carbocycles. The minimum Gasteiger partial charge on any atom is -0.441 e. The predicted molar refractivity (Wildman–Crippen MR) is 117 cm³/mol. The maximum absolute atomic E-state index is 11.7. The number of anilines is 1. The van der Waals surface area contributed by atoms with Gasteiger partial charge in [0, 0.05) is 24.8 Å². The van der Waals surface area contributed by atoms with E-state index in [-0.39, 0.29) is 12.1 Å². The zero-order valence-corrected chi connectivity index (χ0v) is 17.3. The zero-order valence-electron chi connectivity index (χ0n) is 17.3. The predicted octanol–water partition coefficient (Wildman–Crippen LogP) is 4.40. The first kappa shape index (κ1) is 18.9. The number of benzene rings is 2. The highest BCUT2D eigenvalue weighted by atomic mass is 16.6. The van der Waals surface area contributed by atoms with Crippen molar-refractivity contribution in [1.82, 2.24) is 15.3 Å². The number of ether oxygens (including phenoxy) is 1. The molecular formula is C24H26N4O2. The number of nitrogens with one attached hydrogen (secondary N) is 1. The van der Waals surface area contributed by atoms with Crippen LogP contribution in [-0.2, 0) is 4.74 Å². The van der Waals surface area contributed by atoms with Gasteiger partial charge in [0.2, 0.25) is 5.95 Å². The summed E-state index contributed by atoms with van der Waals surface area (Å²) in [6, 6.07) is 16.8. The normalized spacial score (nSPS) is 21.5. The smallest absolute Gasteiger partial charge is 0.408 e. The highest BCUT2D eigenvalue weighted by Crippen LogP contribution is 2.33. The number of hydrogen-bond donors (Lipinski definition) is 1. The number of aromatic nitrogens is 2. The van der Waals surface area contributed by atoms with E-state index in [2.05, 4.69) is 57.7 Å². The van der Waals surface area contributed by atoms with Gasteiger partial charge in [0.05, 0.1) is 11.7 Å². The molecule has 3 heterocycles. The van der Waals surface area contributed by atoms with Gasteiger partial charge in [0.1, 0.15) is 5.60 Å². The van der Waals surface area contributed by atoms with E-state index >= 15 is 0 Å². The number of cyclic esters (lactones) is 1. The molecule has 1 aromatic heterocycles. The minimum atomic E-state index is -0.462. The van der Waals surface area contributed by atoms with Crippen LogP contribution < -0.4 is 10.2 Å². The average Bonchev–Trinajstić information content (AvgIpc) is 3.05. The van der Waals surface area contributed by atoms with Gasteiger partial charge < -0.3 is 15.0 Å². The Morgan fingerprint density at radius 1 is 1.07 bits per heavy atom. The third-order valence-corrected chi connectivity index (χ3v) is 6.36. The summed E-state index contributed by atoms with van der Waals surface area (Å²) in [6.07, 6.45) is 3.48. The maximum Gasteiger partial charge on any atom is 0.408 e. The topological polar surface area (TPSA) is 67.3 Å². The van der Waals surface area contributed by atoms with Crippen molar-refractivity contribution < 1.29 is 9.53 Å². The summed E-state index contributed by atoms with van der Waals surface area (Å²) in [5, 5.41) is 5.44. The Kier molecular flexibility index (Phi) is 4.57. The first-order valence-electron chi connectivity index (χ1n) is 10.6. The summed E-state index contributed by atoms with van der Waals surface area (Å²) in [5.41, 5.74) is 1.57. The lowest BCUT2D eigenvalue weighted by molar-refractivity contribution is 0.0510. The lowest BCUT2D eigenvalue weighted by Crippen LogP contribution is -2.49. The Morgan fingerprint density at radius 2 is 1.83 bits per heavy atom. The number of alkyl carbamates (subject to hydrolysis) is 1. The van der Waals surface area contributed by atoms with E-state index < -0.39 is 5.60 Å². The molecule has 2 aliphatic heterocycles. The van der Waals surface area contributed by atoms with Gasteiger partial charge >= 0.3 is 6.09 Å². The lowest BCUT2D eigenvalue weighted by Gasteiger charge is -2.37. The van der Waals surface area contributed by atoms with Gasteiger partial charge in [-0.15, -0.1) is 0 Å². The molecule has 0 bridgehead atoms. The first-order chi connectivity index (χ1) is 14.5. The number of amides is 1. The molecule has 2 aromatic carbocycles. The van der Waals surface area contributed by atoms with Gasteiger partial charge in [-0.1, -0.05) is 36.4 Å². The maximum atomic E-state index is 11.7. The van der Waals surface area contributed by atoms with E-state index in [0.717, 1.165) is 43.1 Å². The van der Waals surface area contributed by atoms with Gasteiger partial charge in [0.25, 0.3) is 0 Å². The molecule has 0 saturated carbocycles. The molecule has 3 aromatic rings. The lowest BCUT2D eigenvalue weighted by atomic mass is 9.82. The Bertz CT molecular complexity index is 1090. The van der Waals surface area contributed by atoms with Crippen LogP contribution in [0.2, 0.25) is 0 Å². The molecule has 0 spiro atoms. The van der Waals surface area contributed by atoms with Crippen molar-refractivity contribution in [2.45, 2.75) is 38.3 Å². The van der Waals surface area contributed by atoms with Crippen molar-refractivity contribution in [1.29, 1.82) is 0 Å². The Hall–Kier alpha value is -3.15. The van der Waals surface area contributed by atoms with Gasteiger partial charge in [-0.2, -0.15) is 0 Å². The monoisotopic (exact) mass is 402 g/mol. The third-order valence-electron chi connectivity index (χ3n) is 6.36. The molecular weight excluding hydrogens is 376 g/mol. The summed E-state index contributed by atoms with van der Waals surface area (Å²) in [7, 11) is 0. The fraction of sp³-hybridized carbons (Fsp3) is 0.375. The number of rotatable bonds is 3. The van der Waals surface area contributed by atoms with Crippen molar-refractivity contribution in [2.24, 2.45) is 5.92 Å². The molecule has 0 radical (unpaired) electrons. The van der Waals surface area contributed by atoms with Gasteiger partial charge in [-0.05, 0) is 55.5 Å². The van der Waals surface area contributed by atoms with Crippen molar-refractivity contribution >= 4 is 22.8 Å². The standard InChI is InChI=1S/C24H26N4O2/c1-24(2)21(27-23(29)30-24)17-10-13-28(14-11-17)22-25-12-9-20(26-22)19-8-7-16-5-3-4-6-18(16)15-19/h3-9,12,15,17,21H,10-11,13-14H2,1-2H3,(H,27,29)/t21-/m1/s1. The molecule has 0 unspecified atom stereocenters. The van der Waals surface area contributed by atoms with E-state index in [4.69, 9.17) is 9.72 Å². The minimum absolute atomic E-state index is 0.0528. The van der Waals surface area contributed by atoms with Crippen LogP contribution in [0.15, 0.2) is 54.7 Å². The summed E-state index contributed by atoms with van der Waals surface area (Å²) in [5.74, 6) is 1.16. The van der Waals surface area contributed by atoms with E-state index in [1.165, 1.54) is 10.8 Å². The van der Waals surface area contributed by atoms with Crippen LogP contribution in [-0.4, -0.2) is 40.8 Å². The Balaban J connectivity index is 1.32. The molecule has 6 heteroatoms. The van der Waals surface area contributed by atoms with Crippen LogP contribution in [0.4, 0.5) is 10.7 Å². The number of piperidine rings is 1. The van der Waals surface area contributed by atoms with Crippen LogP contribution in [0.25, 0.3) is 22.0 Å². The number of carbonyl (C=O) groups is 1. The molecule has 2 aliphatic rings. The fourth-order valence-corrected chi connectivity index (χ4v) is 4.76. The molecule has 5 rings (SSSR count). The van der Waals surface area contributed by atoms with Gasteiger partial charge in [-0.3, -0.25) is 0 Å². The van der Waals surface area contributed by atoms with Crippen LogP contribution in [0, 0.1) is 5.92 Å². The highest BCUT2D eigenvalue weighted by molar-refractivity contribution is 5.86. The first-order valence-corrected chi connectivity index (χ1v) is 10.6. The average molecular weight is 402 g/mol. The quantitative estimate of drug-likeness (QED) is 0.703. The van der Waals surface area contributed by atoms with Gasteiger partial charge in [0.15, 0.2) is 0 Å². The van der Waals surface area contributed by atoms with E-state index in [1.807, 2.05) is 26.1 Å². The summed E-state index contributed by atoms with van der Waals surface area (Å²) in [6.45, 7) is 5.71. The Labute approximate surface area is 176 Å². The molecule has 2 fully saturated rings. The number of nitrogens with zero attached hydrogens (tertiary/aromatic N) is 3. The summed E-state index contributed by atoms with van der Waals surface area (Å²) in [4.78, 5) is 23.3. The molecule has 2 saturated heterocycles. The van der Waals surface area contributed by atoms with Crippen LogP contribution in [0.3, 0.4) is 0 Å². The molecule has 1 amide bonds. The van der Waals surface area contributed by atoms with E-state index in [0.29, 0.717) is 5.92 Å². The van der Waals surface area contributed by atoms with E-state index in [1.54, 1.807) is 0 Å². The molecule has 1 N–H and O–H groups in total. The third kappa shape index (κ3) is 3.47. The second kappa shape index (κ2) is 7.27. The van der Waals surface area contributed by atoms with Crippen molar-refractivity contribution in [3.8, 4) is 11.3 Å². The Morgan fingerprint density at radius 3 is 2.57 bits per heavy atom.